The molecule has 8 heteroatoms. The summed E-state index contributed by atoms with van der Waals surface area (Å²) in [5.74, 6) is -1.80. The first-order chi connectivity index (χ1) is 17.9. The predicted molar refractivity (Wildman–Crippen MR) is 140 cm³/mol. The first-order valence-corrected chi connectivity index (χ1v) is 12.7. The van der Waals surface area contributed by atoms with Gasteiger partial charge < -0.3 is 9.80 Å². The molecule has 4 amide bonds. The number of benzene rings is 3. The zero-order valence-corrected chi connectivity index (χ0v) is 20.7. The van der Waals surface area contributed by atoms with Crippen LogP contribution in [0.2, 0.25) is 5.02 Å². The number of anilines is 2. The molecule has 0 aromatic heterocycles. The lowest BCUT2D eigenvalue weighted by molar-refractivity contribution is -0.123. The van der Waals surface area contributed by atoms with E-state index < -0.39 is 24.3 Å². The predicted octanol–water partition coefficient (Wildman–Crippen LogP) is 4.68. The van der Waals surface area contributed by atoms with Gasteiger partial charge in [0.2, 0.25) is 11.8 Å². The summed E-state index contributed by atoms with van der Waals surface area (Å²) in [6, 6.07) is 21.1. The molecule has 0 unspecified atom stereocenters. The Morgan fingerprint density at radius 3 is 2.19 bits per heavy atom. The molecular weight excluding hydrogens is 490 g/mol. The average molecular weight is 514 g/mol. The van der Waals surface area contributed by atoms with Gasteiger partial charge in [0.15, 0.2) is 0 Å². The van der Waals surface area contributed by atoms with Gasteiger partial charge in [-0.1, -0.05) is 60.5 Å². The summed E-state index contributed by atoms with van der Waals surface area (Å²) in [5.41, 5.74) is 2.66. The zero-order valence-electron chi connectivity index (χ0n) is 20.0. The van der Waals surface area contributed by atoms with Crippen molar-refractivity contribution in [3.63, 3.8) is 0 Å². The molecule has 0 saturated heterocycles. The summed E-state index contributed by atoms with van der Waals surface area (Å²) in [6.07, 6.45) is 2.12. The number of halogens is 1. The number of carbonyl (C=O) groups is 4. The van der Waals surface area contributed by atoms with Crippen molar-refractivity contribution in [2.75, 3.05) is 16.3 Å². The van der Waals surface area contributed by atoms with E-state index in [4.69, 9.17) is 11.6 Å². The fourth-order valence-electron chi connectivity index (χ4n) is 5.79. The van der Waals surface area contributed by atoms with Gasteiger partial charge in [-0.25, -0.2) is 0 Å². The highest BCUT2D eigenvalue weighted by atomic mass is 35.5. The maximum Gasteiger partial charge on any atom is 0.262 e. The van der Waals surface area contributed by atoms with Crippen molar-refractivity contribution in [1.82, 2.24) is 4.90 Å². The second-order valence-electron chi connectivity index (χ2n) is 9.65. The van der Waals surface area contributed by atoms with Crippen molar-refractivity contribution in [2.24, 2.45) is 5.92 Å². The number of imide groups is 1. The van der Waals surface area contributed by atoms with E-state index in [2.05, 4.69) is 0 Å². The van der Waals surface area contributed by atoms with Crippen LogP contribution in [0.3, 0.4) is 0 Å². The van der Waals surface area contributed by atoms with Crippen molar-refractivity contribution in [2.45, 2.75) is 31.8 Å². The third kappa shape index (κ3) is 3.90. The number of amides is 4. The molecule has 2 aliphatic heterocycles. The molecule has 0 N–H and O–H groups in total. The topological polar surface area (TPSA) is 78.0 Å². The van der Waals surface area contributed by atoms with E-state index in [1.807, 2.05) is 30.3 Å². The fourth-order valence-corrected chi connectivity index (χ4v) is 5.96. The highest BCUT2D eigenvalue weighted by molar-refractivity contribution is 6.31. The number of carbonyl (C=O) groups excluding carboxylic acids is 4. The van der Waals surface area contributed by atoms with Crippen LogP contribution in [0.1, 0.15) is 45.5 Å². The molecule has 7 nitrogen and oxygen atoms in total. The van der Waals surface area contributed by atoms with Crippen LogP contribution in [0.4, 0.5) is 11.4 Å². The van der Waals surface area contributed by atoms with E-state index in [0.29, 0.717) is 46.9 Å². The van der Waals surface area contributed by atoms with Crippen LogP contribution in [-0.2, 0) is 16.1 Å². The van der Waals surface area contributed by atoms with Crippen LogP contribution in [0.15, 0.2) is 72.8 Å². The molecule has 0 spiro atoms. The Labute approximate surface area is 219 Å². The SMILES string of the molecule is O=C1c2ccccc2C(=O)N1CC(=O)N1c2ccc(Cl)cc2N(Cc2ccccc2)C(=O)[C@H]2CCC[C@H]21. The lowest BCUT2D eigenvalue weighted by atomic mass is 10.0. The summed E-state index contributed by atoms with van der Waals surface area (Å²) in [5, 5.41) is 0.449. The monoisotopic (exact) mass is 513 g/mol. The molecule has 6 rings (SSSR count). The van der Waals surface area contributed by atoms with E-state index in [9.17, 15) is 19.2 Å². The zero-order chi connectivity index (χ0) is 25.7. The minimum Gasteiger partial charge on any atom is -0.306 e. The summed E-state index contributed by atoms with van der Waals surface area (Å²) in [6.45, 7) is -0.0544. The van der Waals surface area contributed by atoms with Crippen LogP contribution in [0.25, 0.3) is 0 Å². The first kappa shape index (κ1) is 23.4. The Bertz CT molecular complexity index is 1410. The molecule has 3 aliphatic rings. The molecule has 2 atom stereocenters. The molecule has 2 heterocycles. The standard InChI is InChI=1S/C29H24ClN3O4/c30-19-13-14-24-25(15-19)31(16-18-7-2-1-3-8-18)29(37)22-11-6-12-23(22)33(24)26(34)17-32-27(35)20-9-4-5-10-21(20)28(32)36/h1-5,7-10,13-15,22-23H,6,11-12,16-17H2/t22-,23+/m0/s1. The smallest absolute Gasteiger partial charge is 0.262 e. The van der Waals surface area contributed by atoms with Crippen molar-refractivity contribution >= 4 is 46.6 Å². The van der Waals surface area contributed by atoms with Crippen molar-refractivity contribution in [1.29, 1.82) is 0 Å². The summed E-state index contributed by atoms with van der Waals surface area (Å²) in [7, 11) is 0. The second-order valence-corrected chi connectivity index (χ2v) is 10.1. The van der Waals surface area contributed by atoms with Gasteiger partial charge in [-0.05, 0) is 48.7 Å². The highest BCUT2D eigenvalue weighted by Crippen LogP contribution is 2.44. The molecule has 1 aliphatic carbocycles. The van der Waals surface area contributed by atoms with E-state index in [1.54, 1.807) is 52.3 Å². The van der Waals surface area contributed by atoms with Crippen LogP contribution in [0, 0.1) is 5.92 Å². The lowest BCUT2D eigenvalue weighted by Crippen LogP contribution is -2.49. The molecule has 3 aromatic rings. The third-order valence-electron chi connectivity index (χ3n) is 7.51. The molecular formula is C29H24ClN3O4. The Balaban J connectivity index is 1.40. The Kier molecular flexibility index (Phi) is 5.80. The number of fused-ring (bicyclic) bond motifs is 3. The number of rotatable bonds is 4. The van der Waals surface area contributed by atoms with Gasteiger partial charge in [-0.2, -0.15) is 0 Å². The van der Waals surface area contributed by atoms with Gasteiger partial charge in [0.1, 0.15) is 6.54 Å². The van der Waals surface area contributed by atoms with Gasteiger partial charge in [-0.15, -0.1) is 0 Å². The molecule has 0 bridgehead atoms. The largest absolute Gasteiger partial charge is 0.306 e. The minimum absolute atomic E-state index is 0.0501. The number of hydrogen-bond acceptors (Lipinski definition) is 4. The fraction of sp³-hybridized carbons (Fsp3) is 0.241. The third-order valence-corrected chi connectivity index (χ3v) is 7.74. The molecule has 3 aromatic carbocycles. The number of hydrogen-bond donors (Lipinski definition) is 0. The van der Waals surface area contributed by atoms with Gasteiger partial charge >= 0.3 is 0 Å². The second kappa shape index (κ2) is 9.16. The van der Waals surface area contributed by atoms with E-state index >= 15 is 0 Å². The lowest BCUT2D eigenvalue weighted by Gasteiger charge is -2.31. The van der Waals surface area contributed by atoms with E-state index in [-0.39, 0.29) is 17.9 Å². The molecule has 186 valence electrons. The quantitative estimate of drug-likeness (QED) is 0.474. The maximum atomic E-state index is 13.9. The molecule has 1 saturated carbocycles. The summed E-state index contributed by atoms with van der Waals surface area (Å²) < 4.78 is 0. The summed E-state index contributed by atoms with van der Waals surface area (Å²) in [4.78, 5) is 58.1. The Morgan fingerprint density at radius 2 is 1.49 bits per heavy atom. The first-order valence-electron chi connectivity index (χ1n) is 12.4. The Morgan fingerprint density at radius 1 is 0.811 bits per heavy atom. The van der Waals surface area contributed by atoms with Crippen LogP contribution in [-0.4, -0.2) is 41.1 Å². The van der Waals surface area contributed by atoms with Crippen LogP contribution >= 0.6 is 11.6 Å². The van der Waals surface area contributed by atoms with Crippen molar-refractivity contribution < 1.29 is 19.2 Å². The Hall–Kier alpha value is -3.97. The minimum atomic E-state index is -0.482. The van der Waals surface area contributed by atoms with Crippen molar-refractivity contribution in [3.05, 3.63) is 94.5 Å². The van der Waals surface area contributed by atoms with E-state index in [1.165, 1.54) is 0 Å². The van der Waals surface area contributed by atoms with Gasteiger partial charge in [0.25, 0.3) is 11.8 Å². The molecule has 0 radical (unpaired) electrons. The average Bonchev–Trinajstić information content (AvgIpc) is 3.46. The van der Waals surface area contributed by atoms with Gasteiger partial charge in [0.05, 0.1) is 35.0 Å². The highest BCUT2D eigenvalue weighted by Gasteiger charge is 2.47. The van der Waals surface area contributed by atoms with Gasteiger partial charge in [-0.3, -0.25) is 24.1 Å². The molecule has 37 heavy (non-hydrogen) atoms. The van der Waals surface area contributed by atoms with Crippen LogP contribution < -0.4 is 9.80 Å². The van der Waals surface area contributed by atoms with E-state index in [0.717, 1.165) is 16.9 Å². The van der Waals surface area contributed by atoms with Gasteiger partial charge in [0, 0.05) is 11.1 Å². The maximum absolute atomic E-state index is 13.9. The normalized spacial score (nSPS) is 20.6. The number of nitrogens with zero attached hydrogens (tertiary/aromatic N) is 3. The summed E-state index contributed by atoms with van der Waals surface area (Å²) >= 11 is 6.38. The van der Waals surface area contributed by atoms with Crippen LogP contribution in [0.5, 0.6) is 0 Å². The van der Waals surface area contributed by atoms with Crippen molar-refractivity contribution in [3.8, 4) is 0 Å². The molecule has 1 fully saturated rings.